The van der Waals surface area contributed by atoms with E-state index in [1.165, 1.54) is 6.08 Å². The first-order valence-corrected chi connectivity index (χ1v) is 6.34. The van der Waals surface area contributed by atoms with E-state index in [1.807, 2.05) is 6.07 Å². The Balaban J connectivity index is 1.98. The highest BCUT2D eigenvalue weighted by Gasteiger charge is 2.19. The van der Waals surface area contributed by atoms with Crippen LogP contribution in [-0.4, -0.2) is 35.1 Å². The number of carbonyl (C=O) groups excluding carboxylic acids is 1. The summed E-state index contributed by atoms with van der Waals surface area (Å²) in [7, 11) is 0. The summed E-state index contributed by atoms with van der Waals surface area (Å²) in [6.45, 7) is 1.20. The lowest BCUT2D eigenvalue weighted by molar-refractivity contribution is -0.127. The number of nitrogens with zero attached hydrogens (tertiary/aromatic N) is 2. The van der Waals surface area contributed by atoms with Gasteiger partial charge in [-0.05, 0) is 36.6 Å². The molecule has 0 unspecified atom stereocenters. The first-order valence-electron chi connectivity index (χ1n) is 6.34. The van der Waals surface area contributed by atoms with Crippen LogP contribution in [0.2, 0.25) is 0 Å². The molecule has 0 aromatic heterocycles. The number of hydrogen-bond donors (Lipinski definition) is 1. The van der Waals surface area contributed by atoms with Crippen LogP contribution in [0.5, 0.6) is 0 Å². The van der Waals surface area contributed by atoms with Crippen molar-refractivity contribution in [3.8, 4) is 6.07 Å². The average Bonchev–Trinajstić information content (AvgIpc) is 2.46. The summed E-state index contributed by atoms with van der Waals surface area (Å²) < 4.78 is 0. The predicted molar refractivity (Wildman–Crippen MR) is 72.0 cm³/mol. The molecule has 98 valence electrons. The summed E-state index contributed by atoms with van der Waals surface area (Å²) in [6.07, 6.45) is 4.25. The third kappa shape index (κ3) is 3.67. The largest absolute Gasteiger partial charge is 0.393 e. The first-order chi connectivity index (χ1) is 9.19. The molecule has 0 aliphatic carbocycles. The quantitative estimate of drug-likeness (QED) is 0.817. The zero-order valence-corrected chi connectivity index (χ0v) is 10.6. The van der Waals surface area contributed by atoms with Gasteiger partial charge in [0.2, 0.25) is 5.91 Å². The van der Waals surface area contributed by atoms with Crippen molar-refractivity contribution in [1.82, 2.24) is 4.90 Å². The van der Waals surface area contributed by atoms with Crippen molar-refractivity contribution in [2.24, 2.45) is 0 Å². The number of benzene rings is 1. The Bertz CT molecular complexity index is 523. The van der Waals surface area contributed by atoms with Gasteiger partial charge >= 0.3 is 0 Å². The Morgan fingerprint density at radius 2 is 2.16 bits per heavy atom. The van der Waals surface area contributed by atoms with Crippen molar-refractivity contribution in [2.45, 2.75) is 18.9 Å². The zero-order valence-electron chi connectivity index (χ0n) is 10.6. The highest BCUT2D eigenvalue weighted by Crippen LogP contribution is 2.11. The van der Waals surface area contributed by atoms with Crippen molar-refractivity contribution < 1.29 is 9.90 Å². The molecule has 19 heavy (non-hydrogen) atoms. The Morgan fingerprint density at radius 3 is 2.84 bits per heavy atom. The van der Waals surface area contributed by atoms with Crippen LogP contribution in [-0.2, 0) is 4.79 Å². The van der Waals surface area contributed by atoms with Gasteiger partial charge in [-0.15, -0.1) is 0 Å². The monoisotopic (exact) mass is 256 g/mol. The zero-order chi connectivity index (χ0) is 13.7. The van der Waals surface area contributed by atoms with E-state index in [2.05, 4.69) is 6.07 Å². The topological polar surface area (TPSA) is 64.3 Å². The molecule has 0 saturated carbocycles. The van der Waals surface area contributed by atoms with Gasteiger partial charge in [0.25, 0.3) is 0 Å². The summed E-state index contributed by atoms with van der Waals surface area (Å²) >= 11 is 0. The third-order valence-corrected chi connectivity index (χ3v) is 3.21. The van der Waals surface area contributed by atoms with E-state index >= 15 is 0 Å². The van der Waals surface area contributed by atoms with Gasteiger partial charge in [-0.2, -0.15) is 5.26 Å². The number of nitriles is 1. The lowest BCUT2D eigenvalue weighted by Crippen LogP contribution is -2.39. The fourth-order valence-corrected chi connectivity index (χ4v) is 2.07. The Hall–Kier alpha value is -2.12. The lowest BCUT2D eigenvalue weighted by Gasteiger charge is -2.28. The van der Waals surface area contributed by atoms with E-state index in [4.69, 9.17) is 5.26 Å². The molecule has 1 aromatic carbocycles. The highest BCUT2D eigenvalue weighted by molar-refractivity contribution is 5.91. The van der Waals surface area contributed by atoms with Crippen molar-refractivity contribution in [2.75, 3.05) is 13.1 Å². The second-order valence-corrected chi connectivity index (χ2v) is 4.63. The van der Waals surface area contributed by atoms with Crippen LogP contribution in [0.15, 0.2) is 30.3 Å². The van der Waals surface area contributed by atoms with Gasteiger partial charge in [0, 0.05) is 19.2 Å². The Labute approximate surface area is 112 Å². The Morgan fingerprint density at radius 1 is 1.42 bits per heavy atom. The molecule has 0 radical (unpaired) electrons. The number of likely N-dealkylation sites (tertiary alicyclic amines) is 1. The third-order valence-electron chi connectivity index (χ3n) is 3.21. The lowest BCUT2D eigenvalue weighted by atomic mass is 10.1. The van der Waals surface area contributed by atoms with Crippen LogP contribution in [0.25, 0.3) is 6.08 Å². The minimum atomic E-state index is -0.277. The Kier molecular flexibility index (Phi) is 4.32. The van der Waals surface area contributed by atoms with Crippen molar-refractivity contribution in [3.05, 3.63) is 41.5 Å². The number of piperidine rings is 1. The summed E-state index contributed by atoms with van der Waals surface area (Å²) in [4.78, 5) is 13.7. The van der Waals surface area contributed by atoms with Crippen molar-refractivity contribution >= 4 is 12.0 Å². The molecule has 2 rings (SSSR count). The maximum Gasteiger partial charge on any atom is 0.246 e. The van der Waals surface area contributed by atoms with Crippen LogP contribution in [0.3, 0.4) is 0 Å². The molecule has 0 atom stereocenters. The molecule has 1 amide bonds. The molecular weight excluding hydrogens is 240 g/mol. The van der Waals surface area contributed by atoms with Gasteiger partial charge in [0.1, 0.15) is 0 Å². The summed E-state index contributed by atoms with van der Waals surface area (Å²) in [5.41, 5.74) is 1.42. The van der Waals surface area contributed by atoms with Gasteiger partial charge in [-0.3, -0.25) is 4.79 Å². The van der Waals surface area contributed by atoms with Crippen LogP contribution in [0, 0.1) is 11.3 Å². The summed E-state index contributed by atoms with van der Waals surface area (Å²) in [5, 5.41) is 18.2. The smallest absolute Gasteiger partial charge is 0.246 e. The van der Waals surface area contributed by atoms with Crippen LogP contribution in [0.4, 0.5) is 0 Å². The number of rotatable bonds is 2. The maximum absolute atomic E-state index is 11.9. The minimum absolute atomic E-state index is 0.0470. The number of amides is 1. The molecular formula is C15H16N2O2. The van der Waals surface area contributed by atoms with Crippen molar-refractivity contribution in [3.63, 3.8) is 0 Å². The molecule has 4 nitrogen and oxygen atoms in total. The minimum Gasteiger partial charge on any atom is -0.393 e. The normalized spacial score (nSPS) is 16.5. The van der Waals surface area contributed by atoms with Gasteiger partial charge in [0.15, 0.2) is 0 Å². The van der Waals surface area contributed by atoms with E-state index in [1.54, 1.807) is 29.2 Å². The van der Waals surface area contributed by atoms with Crippen molar-refractivity contribution in [1.29, 1.82) is 5.26 Å². The first kappa shape index (κ1) is 13.3. The molecule has 1 fully saturated rings. The van der Waals surface area contributed by atoms with Crippen LogP contribution in [0.1, 0.15) is 24.0 Å². The molecule has 1 saturated heterocycles. The highest BCUT2D eigenvalue weighted by atomic mass is 16.3. The predicted octanol–water partition coefficient (Wildman–Crippen LogP) is 1.55. The standard InChI is InChI=1S/C15H16N2O2/c16-11-13-3-1-2-12(10-13)4-5-15(19)17-8-6-14(18)7-9-17/h1-5,10,14,18H,6-9H2/b5-4+. The number of aliphatic hydroxyl groups excluding tert-OH is 1. The molecule has 4 heteroatoms. The summed E-state index contributed by atoms with van der Waals surface area (Å²) in [5.74, 6) is -0.0470. The molecule has 0 bridgehead atoms. The van der Waals surface area contributed by atoms with E-state index in [-0.39, 0.29) is 12.0 Å². The molecule has 1 aliphatic rings. The van der Waals surface area contributed by atoms with E-state index in [9.17, 15) is 9.90 Å². The molecule has 1 N–H and O–H groups in total. The van der Waals surface area contributed by atoms with Gasteiger partial charge in [-0.25, -0.2) is 0 Å². The van der Waals surface area contributed by atoms with Crippen LogP contribution >= 0.6 is 0 Å². The number of hydrogen-bond acceptors (Lipinski definition) is 3. The number of carbonyl (C=O) groups is 1. The maximum atomic E-state index is 11.9. The molecule has 1 aliphatic heterocycles. The van der Waals surface area contributed by atoms with E-state index in [0.29, 0.717) is 31.5 Å². The van der Waals surface area contributed by atoms with Gasteiger partial charge in [0.05, 0.1) is 17.7 Å². The fraction of sp³-hybridized carbons (Fsp3) is 0.333. The van der Waals surface area contributed by atoms with Gasteiger partial charge < -0.3 is 10.0 Å². The van der Waals surface area contributed by atoms with Crippen LogP contribution < -0.4 is 0 Å². The summed E-state index contributed by atoms with van der Waals surface area (Å²) in [6, 6.07) is 9.18. The second-order valence-electron chi connectivity index (χ2n) is 4.63. The SMILES string of the molecule is N#Cc1cccc(/C=C/C(=O)N2CCC(O)CC2)c1. The number of aliphatic hydroxyl groups is 1. The van der Waals surface area contributed by atoms with E-state index in [0.717, 1.165) is 5.56 Å². The molecule has 1 heterocycles. The molecule has 0 spiro atoms. The molecule has 1 aromatic rings. The van der Waals surface area contributed by atoms with Gasteiger partial charge in [-0.1, -0.05) is 12.1 Å². The average molecular weight is 256 g/mol. The fourth-order valence-electron chi connectivity index (χ4n) is 2.07. The van der Waals surface area contributed by atoms with E-state index < -0.39 is 0 Å². The second kappa shape index (κ2) is 6.17.